The lowest BCUT2D eigenvalue weighted by Gasteiger charge is -2.52. The second-order valence-electron chi connectivity index (χ2n) is 8.71. The fourth-order valence-electron chi connectivity index (χ4n) is 5.67. The van der Waals surface area contributed by atoms with Gasteiger partial charge in [-0.05, 0) is 57.8 Å². The monoisotopic (exact) mass is 338 g/mol. The molecule has 2 aliphatic carbocycles. The fourth-order valence-corrected chi connectivity index (χ4v) is 5.67. The lowest BCUT2D eigenvalue weighted by Crippen LogP contribution is -2.61. The van der Waals surface area contributed by atoms with Crippen molar-refractivity contribution in [2.45, 2.75) is 84.2 Å². The molecule has 2 heterocycles. The lowest BCUT2D eigenvalue weighted by molar-refractivity contribution is -0.262. The van der Waals surface area contributed by atoms with Gasteiger partial charge < -0.3 is 14.2 Å². The molecule has 4 rings (SSSR count). The van der Waals surface area contributed by atoms with Gasteiger partial charge in [-0.3, -0.25) is 9.59 Å². The number of esters is 2. The predicted molar refractivity (Wildman–Crippen MR) is 88.2 cm³/mol. The summed E-state index contributed by atoms with van der Waals surface area (Å²) in [6, 6.07) is 0. The fraction of sp³-hybridized carbons (Fsp3) is 0.895. The minimum Gasteiger partial charge on any atom is -0.462 e. The molecule has 0 aromatic carbocycles. The first-order chi connectivity index (χ1) is 11.0. The van der Waals surface area contributed by atoms with Crippen LogP contribution in [0.2, 0.25) is 0 Å². The van der Waals surface area contributed by atoms with Gasteiger partial charge in [0.2, 0.25) is 0 Å². The first-order valence-corrected chi connectivity index (χ1v) is 9.09. The largest absolute Gasteiger partial charge is 0.462 e. The quantitative estimate of drug-likeness (QED) is 0.724. The molecule has 4 aliphatic rings. The van der Waals surface area contributed by atoms with Crippen molar-refractivity contribution < 1.29 is 23.8 Å². The maximum absolute atomic E-state index is 11.7. The smallest absolute Gasteiger partial charge is 0.303 e. The van der Waals surface area contributed by atoms with Gasteiger partial charge in [0.05, 0.1) is 5.60 Å². The molecule has 24 heavy (non-hydrogen) atoms. The van der Waals surface area contributed by atoms with Crippen molar-refractivity contribution in [3.05, 3.63) is 0 Å². The number of carbonyl (C=O) groups is 2. The first kappa shape index (κ1) is 17.7. The Morgan fingerprint density at radius 1 is 1.00 bits per heavy atom. The molecule has 4 fully saturated rings. The molecule has 136 valence electrons. The van der Waals surface area contributed by atoms with E-state index in [1.807, 2.05) is 0 Å². The molecule has 2 aliphatic heterocycles. The van der Waals surface area contributed by atoms with Crippen molar-refractivity contribution in [3.63, 3.8) is 0 Å². The second kappa shape index (κ2) is 5.72. The van der Waals surface area contributed by atoms with Gasteiger partial charge in [-0.1, -0.05) is 6.92 Å². The van der Waals surface area contributed by atoms with Crippen LogP contribution in [0.25, 0.3) is 0 Å². The normalized spacial score (nSPS) is 46.1. The molecule has 7 atom stereocenters. The zero-order valence-corrected chi connectivity index (χ0v) is 15.6. The van der Waals surface area contributed by atoms with Gasteiger partial charge in [0.15, 0.2) is 0 Å². The van der Waals surface area contributed by atoms with E-state index in [9.17, 15) is 9.59 Å². The van der Waals surface area contributed by atoms with Crippen LogP contribution < -0.4 is 0 Å². The summed E-state index contributed by atoms with van der Waals surface area (Å²) in [6.07, 6.45) is 2.25. The highest BCUT2D eigenvalue weighted by Gasteiger charge is 2.65. The molecule has 5 heteroatoms. The van der Waals surface area contributed by atoms with E-state index in [1.165, 1.54) is 13.8 Å². The van der Waals surface area contributed by atoms with Gasteiger partial charge in [-0.15, -0.1) is 0 Å². The average molecular weight is 338 g/mol. The van der Waals surface area contributed by atoms with Crippen LogP contribution in [0, 0.1) is 23.7 Å². The third kappa shape index (κ3) is 2.75. The number of hydrogen-bond donors (Lipinski definition) is 0. The summed E-state index contributed by atoms with van der Waals surface area (Å²) in [5.41, 5.74) is -0.895. The van der Waals surface area contributed by atoms with Crippen molar-refractivity contribution in [2.75, 3.05) is 0 Å². The predicted octanol–water partition coefficient (Wildman–Crippen LogP) is 3.10. The molecule has 0 spiro atoms. The van der Waals surface area contributed by atoms with Gasteiger partial charge >= 0.3 is 11.9 Å². The summed E-state index contributed by atoms with van der Waals surface area (Å²) in [5.74, 6) is 0.762. The molecule has 2 bridgehead atoms. The van der Waals surface area contributed by atoms with E-state index in [1.54, 1.807) is 0 Å². The summed E-state index contributed by atoms with van der Waals surface area (Å²) in [5, 5.41) is 0. The van der Waals surface area contributed by atoms with Gasteiger partial charge in [0.25, 0.3) is 0 Å². The SMILES string of the molecule is CC(=O)O[C@H]1C[C@@H]2C[C@H]3[C@@H]([C@H](OC(C)=O)C[C@H]3C)[C@]1(C)OC2(C)C. The Kier molecular flexibility index (Phi) is 4.22. The molecule has 0 aromatic heterocycles. The minimum atomic E-state index is -0.627. The molecular formula is C19H30O5. The summed E-state index contributed by atoms with van der Waals surface area (Å²) in [6.45, 7) is 11.5. The Bertz CT molecular complexity index is 542. The lowest BCUT2D eigenvalue weighted by atomic mass is 9.75. The minimum absolute atomic E-state index is 0.0625. The van der Waals surface area contributed by atoms with E-state index in [-0.39, 0.29) is 35.7 Å². The van der Waals surface area contributed by atoms with E-state index < -0.39 is 5.60 Å². The van der Waals surface area contributed by atoms with Crippen LogP contribution in [0.1, 0.15) is 60.8 Å². The molecular weight excluding hydrogens is 308 g/mol. The Labute approximate surface area is 144 Å². The van der Waals surface area contributed by atoms with E-state index in [2.05, 4.69) is 27.7 Å². The highest BCUT2D eigenvalue weighted by molar-refractivity contribution is 5.66. The van der Waals surface area contributed by atoms with E-state index in [4.69, 9.17) is 14.2 Å². The molecule has 2 saturated heterocycles. The second-order valence-corrected chi connectivity index (χ2v) is 8.71. The van der Waals surface area contributed by atoms with Crippen LogP contribution in [-0.4, -0.2) is 35.3 Å². The Morgan fingerprint density at radius 3 is 2.21 bits per heavy atom. The standard InChI is InChI=1S/C19H30O5/c1-10-7-15(22-11(2)20)17-14(10)8-13-9-16(23-12(3)21)19(17,6)24-18(13,4)5/h10,13-17H,7-9H2,1-6H3/t10-,13+,14-,15-,16+,17+,19-/m1/s1. The van der Waals surface area contributed by atoms with Crippen LogP contribution >= 0.6 is 0 Å². The van der Waals surface area contributed by atoms with Crippen molar-refractivity contribution >= 4 is 11.9 Å². The highest BCUT2D eigenvalue weighted by Crippen LogP contribution is 2.59. The molecule has 0 unspecified atom stereocenters. The number of carbonyl (C=O) groups excluding carboxylic acids is 2. The van der Waals surface area contributed by atoms with Crippen molar-refractivity contribution in [3.8, 4) is 0 Å². The summed E-state index contributed by atoms with van der Waals surface area (Å²) < 4.78 is 18.0. The maximum atomic E-state index is 11.7. The molecule has 0 radical (unpaired) electrons. The zero-order valence-electron chi connectivity index (χ0n) is 15.6. The van der Waals surface area contributed by atoms with Crippen LogP contribution in [0.15, 0.2) is 0 Å². The van der Waals surface area contributed by atoms with Gasteiger partial charge in [0.1, 0.15) is 17.8 Å². The van der Waals surface area contributed by atoms with Crippen molar-refractivity contribution in [1.82, 2.24) is 0 Å². The third-order valence-corrected chi connectivity index (χ3v) is 6.64. The molecule has 0 amide bonds. The van der Waals surface area contributed by atoms with Crippen LogP contribution in [0.4, 0.5) is 0 Å². The van der Waals surface area contributed by atoms with Crippen LogP contribution in [0.3, 0.4) is 0 Å². The van der Waals surface area contributed by atoms with E-state index in [0.29, 0.717) is 17.8 Å². The van der Waals surface area contributed by atoms with E-state index in [0.717, 1.165) is 19.3 Å². The van der Waals surface area contributed by atoms with E-state index >= 15 is 0 Å². The van der Waals surface area contributed by atoms with Gasteiger partial charge in [-0.2, -0.15) is 0 Å². The number of rotatable bonds is 2. The Hall–Kier alpha value is -1.10. The van der Waals surface area contributed by atoms with Crippen LogP contribution in [0.5, 0.6) is 0 Å². The van der Waals surface area contributed by atoms with Crippen molar-refractivity contribution in [1.29, 1.82) is 0 Å². The number of fused-ring (bicyclic) bond motifs is 2. The summed E-state index contributed by atoms with van der Waals surface area (Å²) in [7, 11) is 0. The topological polar surface area (TPSA) is 61.8 Å². The highest BCUT2D eigenvalue weighted by atomic mass is 16.6. The third-order valence-electron chi connectivity index (χ3n) is 6.64. The molecule has 0 aromatic rings. The summed E-state index contributed by atoms with van der Waals surface area (Å²) >= 11 is 0. The first-order valence-electron chi connectivity index (χ1n) is 9.09. The average Bonchev–Trinajstić information content (AvgIpc) is 2.58. The summed E-state index contributed by atoms with van der Waals surface area (Å²) in [4.78, 5) is 23.3. The molecule has 2 saturated carbocycles. The molecule has 0 N–H and O–H groups in total. The van der Waals surface area contributed by atoms with Crippen LogP contribution in [-0.2, 0) is 23.8 Å². The maximum Gasteiger partial charge on any atom is 0.303 e. The number of ether oxygens (including phenoxy) is 3. The Balaban J connectivity index is 2.03. The Morgan fingerprint density at radius 2 is 1.62 bits per heavy atom. The molecule has 5 nitrogen and oxygen atoms in total. The number of hydrogen-bond acceptors (Lipinski definition) is 5. The van der Waals surface area contributed by atoms with Gasteiger partial charge in [-0.25, -0.2) is 0 Å². The van der Waals surface area contributed by atoms with Gasteiger partial charge in [0, 0.05) is 19.8 Å². The zero-order chi connectivity index (χ0) is 17.9. The van der Waals surface area contributed by atoms with Crippen molar-refractivity contribution in [2.24, 2.45) is 23.7 Å².